The van der Waals surface area contributed by atoms with E-state index >= 15 is 0 Å². The third kappa shape index (κ3) is 7.29. The quantitative estimate of drug-likeness (QED) is 0.389. The number of nitrogens with one attached hydrogen (secondary N) is 1. The van der Waals surface area contributed by atoms with Gasteiger partial charge in [0.15, 0.2) is 0 Å². The van der Waals surface area contributed by atoms with Gasteiger partial charge in [-0.2, -0.15) is 0 Å². The first kappa shape index (κ1) is 25.7. The van der Waals surface area contributed by atoms with Crippen LogP contribution in [0.15, 0.2) is 77.3 Å². The lowest BCUT2D eigenvalue weighted by Gasteiger charge is -2.32. The molecule has 0 saturated carbocycles. The molecule has 1 N–H and O–H groups in total. The van der Waals surface area contributed by atoms with Gasteiger partial charge in [-0.15, -0.1) is 0 Å². The standard InChI is InChI=1S/C29H33BrN2O2/c1-20(2)31-29(34)27(17-23-8-6-5-7-9-23)32(19-24-12-14-26(30)15-13-24)28(33)18-25-16-21(3)10-11-22(25)4/h5-16,20,27H,17-19H2,1-4H3,(H,31,34). The molecule has 0 spiro atoms. The Bertz CT molecular complexity index is 1110. The van der Waals surface area contributed by atoms with Gasteiger partial charge < -0.3 is 10.2 Å². The van der Waals surface area contributed by atoms with Crippen LogP contribution in [0.5, 0.6) is 0 Å². The molecule has 0 fully saturated rings. The van der Waals surface area contributed by atoms with Gasteiger partial charge in [-0.05, 0) is 62.1 Å². The van der Waals surface area contributed by atoms with E-state index < -0.39 is 6.04 Å². The van der Waals surface area contributed by atoms with Crippen LogP contribution >= 0.6 is 15.9 Å². The molecule has 34 heavy (non-hydrogen) atoms. The molecule has 3 aromatic rings. The highest BCUT2D eigenvalue weighted by molar-refractivity contribution is 9.10. The van der Waals surface area contributed by atoms with E-state index in [9.17, 15) is 9.59 Å². The van der Waals surface area contributed by atoms with Crippen LogP contribution in [0.3, 0.4) is 0 Å². The fourth-order valence-electron chi connectivity index (χ4n) is 3.98. The molecule has 4 nitrogen and oxygen atoms in total. The Morgan fingerprint density at radius 3 is 2.24 bits per heavy atom. The summed E-state index contributed by atoms with van der Waals surface area (Å²) < 4.78 is 0.975. The minimum atomic E-state index is -0.619. The molecule has 3 rings (SSSR count). The predicted octanol–water partition coefficient (Wildman–Crippen LogP) is 5.77. The molecular weight excluding hydrogens is 488 g/mol. The molecule has 0 aromatic heterocycles. The van der Waals surface area contributed by atoms with Crippen molar-refractivity contribution in [1.29, 1.82) is 0 Å². The first-order chi connectivity index (χ1) is 16.2. The Morgan fingerprint density at radius 2 is 1.59 bits per heavy atom. The number of hydrogen-bond acceptors (Lipinski definition) is 2. The topological polar surface area (TPSA) is 49.4 Å². The number of aryl methyl sites for hydroxylation is 2. The fraction of sp³-hybridized carbons (Fsp3) is 0.310. The van der Waals surface area contributed by atoms with Crippen LogP contribution in [0.2, 0.25) is 0 Å². The van der Waals surface area contributed by atoms with E-state index in [-0.39, 0.29) is 24.3 Å². The summed E-state index contributed by atoms with van der Waals surface area (Å²) in [6.07, 6.45) is 0.707. The average molecular weight is 521 g/mol. The first-order valence-electron chi connectivity index (χ1n) is 11.7. The summed E-state index contributed by atoms with van der Waals surface area (Å²) >= 11 is 3.48. The Hall–Kier alpha value is -2.92. The van der Waals surface area contributed by atoms with Gasteiger partial charge in [-0.1, -0.05) is 82.2 Å². The summed E-state index contributed by atoms with van der Waals surface area (Å²) in [5, 5.41) is 3.04. The number of halogens is 1. The summed E-state index contributed by atoms with van der Waals surface area (Å²) in [6.45, 7) is 8.29. The normalized spacial score (nSPS) is 11.8. The molecule has 5 heteroatoms. The fourth-order valence-corrected chi connectivity index (χ4v) is 4.24. The number of hydrogen-bond donors (Lipinski definition) is 1. The molecular formula is C29H33BrN2O2. The predicted molar refractivity (Wildman–Crippen MR) is 142 cm³/mol. The summed E-state index contributed by atoms with van der Waals surface area (Å²) in [5.41, 5.74) is 5.19. The van der Waals surface area contributed by atoms with Crippen LogP contribution in [0, 0.1) is 13.8 Å². The molecule has 0 radical (unpaired) electrons. The number of benzene rings is 3. The van der Waals surface area contributed by atoms with E-state index in [2.05, 4.69) is 33.4 Å². The van der Waals surface area contributed by atoms with Gasteiger partial charge in [0.2, 0.25) is 11.8 Å². The summed E-state index contributed by atoms with van der Waals surface area (Å²) in [6, 6.07) is 23.3. The smallest absolute Gasteiger partial charge is 0.243 e. The third-order valence-electron chi connectivity index (χ3n) is 5.81. The Labute approximate surface area is 211 Å². The Kier molecular flexibility index (Phi) is 9.05. The van der Waals surface area contributed by atoms with Crippen molar-refractivity contribution < 1.29 is 9.59 Å². The molecule has 178 valence electrons. The lowest BCUT2D eigenvalue weighted by atomic mass is 9.99. The van der Waals surface area contributed by atoms with Crippen molar-refractivity contribution in [2.24, 2.45) is 0 Å². The van der Waals surface area contributed by atoms with Crippen LogP contribution in [0.1, 0.15) is 41.7 Å². The van der Waals surface area contributed by atoms with E-state index in [4.69, 9.17) is 0 Å². The van der Waals surface area contributed by atoms with Gasteiger partial charge in [0.05, 0.1) is 6.42 Å². The second-order valence-electron chi connectivity index (χ2n) is 9.12. The van der Waals surface area contributed by atoms with Crippen molar-refractivity contribution in [3.05, 3.63) is 105 Å². The first-order valence-corrected chi connectivity index (χ1v) is 12.5. The van der Waals surface area contributed by atoms with E-state index in [0.717, 1.165) is 32.3 Å². The van der Waals surface area contributed by atoms with E-state index in [1.54, 1.807) is 4.90 Å². The van der Waals surface area contributed by atoms with Crippen molar-refractivity contribution >= 4 is 27.7 Å². The van der Waals surface area contributed by atoms with Crippen LogP contribution in [0.25, 0.3) is 0 Å². The van der Waals surface area contributed by atoms with Gasteiger partial charge in [0, 0.05) is 23.5 Å². The SMILES string of the molecule is Cc1ccc(C)c(CC(=O)N(Cc2ccc(Br)cc2)C(Cc2ccccc2)C(=O)NC(C)C)c1. The largest absolute Gasteiger partial charge is 0.352 e. The molecule has 0 aliphatic rings. The number of amides is 2. The van der Waals surface area contributed by atoms with Crippen molar-refractivity contribution in [2.45, 2.75) is 59.2 Å². The van der Waals surface area contributed by atoms with Crippen LogP contribution in [0.4, 0.5) is 0 Å². The number of nitrogens with zero attached hydrogens (tertiary/aromatic N) is 1. The number of rotatable bonds is 9. The maximum Gasteiger partial charge on any atom is 0.243 e. The molecule has 1 unspecified atom stereocenters. The molecule has 0 aliphatic carbocycles. The van der Waals surface area contributed by atoms with Crippen LogP contribution in [-0.4, -0.2) is 28.8 Å². The maximum atomic E-state index is 13.8. The zero-order valence-corrected chi connectivity index (χ0v) is 21.9. The second kappa shape index (κ2) is 12.0. The van der Waals surface area contributed by atoms with Gasteiger partial charge in [0.25, 0.3) is 0 Å². The maximum absolute atomic E-state index is 13.8. The van der Waals surface area contributed by atoms with Gasteiger partial charge in [0.1, 0.15) is 6.04 Å². The molecule has 1 atom stereocenters. The summed E-state index contributed by atoms with van der Waals surface area (Å²) in [5.74, 6) is -0.193. The Balaban J connectivity index is 1.99. The van der Waals surface area contributed by atoms with Crippen LogP contribution < -0.4 is 5.32 Å². The monoisotopic (exact) mass is 520 g/mol. The molecule has 3 aromatic carbocycles. The molecule has 0 saturated heterocycles. The number of carbonyl (C=O) groups is 2. The molecule has 0 bridgehead atoms. The van der Waals surface area contributed by atoms with Gasteiger partial charge >= 0.3 is 0 Å². The second-order valence-corrected chi connectivity index (χ2v) is 10.0. The lowest BCUT2D eigenvalue weighted by molar-refractivity contribution is -0.141. The number of carbonyl (C=O) groups excluding carboxylic acids is 2. The van der Waals surface area contributed by atoms with Gasteiger partial charge in [-0.25, -0.2) is 0 Å². The van der Waals surface area contributed by atoms with Crippen molar-refractivity contribution in [3.8, 4) is 0 Å². The van der Waals surface area contributed by atoms with E-state index in [1.165, 1.54) is 0 Å². The molecule has 2 amide bonds. The highest BCUT2D eigenvalue weighted by Crippen LogP contribution is 2.20. The highest BCUT2D eigenvalue weighted by atomic mass is 79.9. The van der Waals surface area contributed by atoms with E-state index in [1.807, 2.05) is 88.4 Å². The van der Waals surface area contributed by atoms with Crippen molar-refractivity contribution in [3.63, 3.8) is 0 Å². The van der Waals surface area contributed by atoms with Gasteiger partial charge in [-0.3, -0.25) is 9.59 Å². The average Bonchev–Trinajstić information content (AvgIpc) is 2.80. The van der Waals surface area contributed by atoms with Crippen molar-refractivity contribution in [1.82, 2.24) is 10.2 Å². The third-order valence-corrected chi connectivity index (χ3v) is 6.34. The zero-order chi connectivity index (χ0) is 24.7. The summed E-state index contributed by atoms with van der Waals surface area (Å²) in [7, 11) is 0. The zero-order valence-electron chi connectivity index (χ0n) is 20.3. The molecule has 0 heterocycles. The summed E-state index contributed by atoms with van der Waals surface area (Å²) in [4.78, 5) is 29.0. The minimum Gasteiger partial charge on any atom is -0.352 e. The van der Waals surface area contributed by atoms with E-state index in [0.29, 0.717) is 13.0 Å². The minimum absolute atomic E-state index is 0.0191. The lowest BCUT2D eigenvalue weighted by Crippen LogP contribution is -2.52. The molecule has 0 aliphatic heterocycles. The van der Waals surface area contributed by atoms with Crippen LogP contribution in [-0.2, 0) is 29.0 Å². The van der Waals surface area contributed by atoms with Crippen molar-refractivity contribution in [2.75, 3.05) is 0 Å². The Morgan fingerprint density at radius 1 is 0.912 bits per heavy atom. The highest BCUT2D eigenvalue weighted by Gasteiger charge is 2.31.